The predicted octanol–water partition coefficient (Wildman–Crippen LogP) is 3.08. The van der Waals surface area contributed by atoms with E-state index in [1.165, 1.54) is 0 Å². The van der Waals surface area contributed by atoms with Gasteiger partial charge in [0.15, 0.2) is 0 Å². The Morgan fingerprint density at radius 1 is 1.47 bits per heavy atom. The van der Waals surface area contributed by atoms with Crippen molar-refractivity contribution in [2.75, 3.05) is 11.1 Å². The van der Waals surface area contributed by atoms with Crippen molar-refractivity contribution in [2.24, 2.45) is 0 Å². The standard InChI is InChI=1S/C12H14ClN3O/c1-2-8-6-15-11(17-8)7-16-12-9(13)4-3-5-10(12)14/h3-6,16H,2,7,14H2,1H3. The SMILES string of the molecule is CCc1cnc(CNc2c(N)cccc2Cl)o1. The number of nitrogens with one attached hydrogen (secondary N) is 1. The number of hydrogen-bond acceptors (Lipinski definition) is 4. The van der Waals surface area contributed by atoms with Crippen LogP contribution >= 0.6 is 11.6 Å². The van der Waals surface area contributed by atoms with E-state index < -0.39 is 0 Å². The lowest BCUT2D eigenvalue weighted by Gasteiger charge is -2.09. The van der Waals surface area contributed by atoms with Crippen LogP contribution in [-0.4, -0.2) is 4.98 Å². The zero-order valence-corrected chi connectivity index (χ0v) is 10.3. The Morgan fingerprint density at radius 3 is 2.94 bits per heavy atom. The van der Waals surface area contributed by atoms with Gasteiger partial charge in [-0.2, -0.15) is 0 Å². The fourth-order valence-corrected chi connectivity index (χ4v) is 1.73. The summed E-state index contributed by atoms with van der Waals surface area (Å²) < 4.78 is 5.48. The van der Waals surface area contributed by atoms with Gasteiger partial charge >= 0.3 is 0 Å². The van der Waals surface area contributed by atoms with Gasteiger partial charge in [0.05, 0.1) is 29.1 Å². The maximum atomic E-state index is 6.03. The van der Waals surface area contributed by atoms with E-state index in [0.717, 1.165) is 12.2 Å². The number of hydrogen-bond donors (Lipinski definition) is 2. The first-order valence-electron chi connectivity index (χ1n) is 5.42. The van der Waals surface area contributed by atoms with Crippen molar-refractivity contribution in [3.05, 3.63) is 41.1 Å². The second-order valence-electron chi connectivity index (χ2n) is 3.63. The van der Waals surface area contributed by atoms with Crippen LogP contribution in [0.25, 0.3) is 0 Å². The summed E-state index contributed by atoms with van der Waals surface area (Å²) >= 11 is 6.03. The number of anilines is 2. The number of nitrogens with two attached hydrogens (primary N) is 1. The van der Waals surface area contributed by atoms with Crippen molar-refractivity contribution in [3.63, 3.8) is 0 Å². The maximum Gasteiger partial charge on any atom is 0.213 e. The van der Waals surface area contributed by atoms with E-state index in [-0.39, 0.29) is 0 Å². The van der Waals surface area contributed by atoms with Gasteiger partial charge in [-0.25, -0.2) is 4.98 Å². The average Bonchev–Trinajstić information content (AvgIpc) is 2.76. The highest BCUT2D eigenvalue weighted by Crippen LogP contribution is 2.28. The molecule has 0 saturated carbocycles. The number of halogens is 1. The largest absolute Gasteiger partial charge is 0.444 e. The Morgan fingerprint density at radius 2 is 2.29 bits per heavy atom. The summed E-state index contributed by atoms with van der Waals surface area (Å²) in [6.45, 7) is 2.48. The summed E-state index contributed by atoms with van der Waals surface area (Å²) in [6.07, 6.45) is 2.56. The topological polar surface area (TPSA) is 64.1 Å². The fraction of sp³-hybridized carbons (Fsp3) is 0.250. The van der Waals surface area contributed by atoms with Gasteiger partial charge in [-0.1, -0.05) is 24.6 Å². The van der Waals surface area contributed by atoms with Crippen LogP contribution in [0.3, 0.4) is 0 Å². The maximum absolute atomic E-state index is 6.03. The molecule has 0 unspecified atom stereocenters. The molecule has 0 aliphatic carbocycles. The molecular formula is C12H14ClN3O. The molecule has 3 N–H and O–H groups in total. The van der Waals surface area contributed by atoms with E-state index >= 15 is 0 Å². The highest BCUT2D eigenvalue weighted by molar-refractivity contribution is 6.33. The summed E-state index contributed by atoms with van der Waals surface area (Å²) in [7, 11) is 0. The molecule has 0 saturated heterocycles. The summed E-state index contributed by atoms with van der Waals surface area (Å²) in [5.74, 6) is 1.50. The van der Waals surface area contributed by atoms with Crippen molar-refractivity contribution in [1.29, 1.82) is 0 Å². The lowest BCUT2D eigenvalue weighted by atomic mass is 10.2. The molecule has 1 aromatic carbocycles. The van der Waals surface area contributed by atoms with Crippen LogP contribution in [0.15, 0.2) is 28.8 Å². The van der Waals surface area contributed by atoms with E-state index in [4.69, 9.17) is 21.8 Å². The molecule has 90 valence electrons. The van der Waals surface area contributed by atoms with Gasteiger partial charge in [0.25, 0.3) is 0 Å². The van der Waals surface area contributed by atoms with Crippen LogP contribution in [0.4, 0.5) is 11.4 Å². The van der Waals surface area contributed by atoms with Crippen molar-refractivity contribution in [1.82, 2.24) is 4.98 Å². The van der Waals surface area contributed by atoms with Crippen LogP contribution in [0, 0.1) is 0 Å². The van der Waals surface area contributed by atoms with E-state index in [1.807, 2.05) is 13.0 Å². The Kier molecular flexibility index (Phi) is 3.54. The number of para-hydroxylation sites is 1. The second kappa shape index (κ2) is 5.10. The number of aryl methyl sites for hydroxylation is 1. The Labute approximate surface area is 105 Å². The van der Waals surface area contributed by atoms with Gasteiger partial charge < -0.3 is 15.5 Å². The summed E-state index contributed by atoms with van der Waals surface area (Å²) in [4.78, 5) is 4.15. The zero-order valence-electron chi connectivity index (χ0n) is 9.53. The number of oxazole rings is 1. The average molecular weight is 252 g/mol. The highest BCUT2D eigenvalue weighted by atomic mass is 35.5. The Hall–Kier alpha value is -1.68. The van der Waals surface area contributed by atoms with E-state index in [0.29, 0.717) is 28.8 Å². The van der Waals surface area contributed by atoms with Crippen LogP contribution in [-0.2, 0) is 13.0 Å². The Bertz CT molecular complexity index is 490. The number of benzene rings is 1. The third kappa shape index (κ3) is 2.71. The molecule has 0 radical (unpaired) electrons. The van der Waals surface area contributed by atoms with Crippen molar-refractivity contribution < 1.29 is 4.42 Å². The highest BCUT2D eigenvalue weighted by Gasteiger charge is 2.06. The molecule has 4 nitrogen and oxygen atoms in total. The molecule has 0 bridgehead atoms. The number of rotatable bonds is 4. The summed E-state index contributed by atoms with van der Waals surface area (Å²) in [5.41, 5.74) is 7.14. The van der Waals surface area contributed by atoms with Crippen LogP contribution in [0.5, 0.6) is 0 Å². The molecule has 2 rings (SSSR count). The minimum Gasteiger partial charge on any atom is -0.444 e. The number of nitrogen functional groups attached to an aromatic ring is 1. The molecule has 17 heavy (non-hydrogen) atoms. The molecule has 1 heterocycles. The molecule has 2 aromatic rings. The molecule has 0 atom stereocenters. The zero-order chi connectivity index (χ0) is 12.3. The summed E-state index contributed by atoms with van der Waals surface area (Å²) in [5, 5.41) is 3.71. The lowest BCUT2D eigenvalue weighted by Crippen LogP contribution is -2.03. The molecule has 0 spiro atoms. The van der Waals surface area contributed by atoms with Gasteiger partial charge in [0.2, 0.25) is 5.89 Å². The minimum absolute atomic E-state index is 0.466. The normalized spacial score (nSPS) is 10.5. The molecule has 0 aliphatic rings. The molecular weight excluding hydrogens is 238 g/mol. The molecule has 0 aliphatic heterocycles. The molecule has 0 amide bonds. The van der Waals surface area contributed by atoms with Gasteiger partial charge in [0, 0.05) is 6.42 Å². The smallest absolute Gasteiger partial charge is 0.213 e. The van der Waals surface area contributed by atoms with Crippen LogP contribution in [0.1, 0.15) is 18.6 Å². The third-order valence-electron chi connectivity index (χ3n) is 2.41. The van der Waals surface area contributed by atoms with Gasteiger partial charge in [-0.3, -0.25) is 0 Å². The molecule has 1 aromatic heterocycles. The quantitative estimate of drug-likeness (QED) is 0.820. The first kappa shape index (κ1) is 11.8. The second-order valence-corrected chi connectivity index (χ2v) is 4.04. The first-order valence-corrected chi connectivity index (χ1v) is 5.80. The van der Waals surface area contributed by atoms with E-state index in [9.17, 15) is 0 Å². The molecule has 0 fully saturated rings. The van der Waals surface area contributed by atoms with Crippen molar-refractivity contribution >= 4 is 23.0 Å². The number of nitrogens with zero attached hydrogens (tertiary/aromatic N) is 1. The van der Waals surface area contributed by atoms with Gasteiger partial charge in [-0.15, -0.1) is 0 Å². The van der Waals surface area contributed by atoms with Gasteiger partial charge in [-0.05, 0) is 12.1 Å². The molecule has 5 heteroatoms. The third-order valence-corrected chi connectivity index (χ3v) is 2.73. The summed E-state index contributed by atoms with van der Waals surface area (Å²) in [6, 6.07) is 5.39. The van der Waals surface area contributed by atoms with E-state index in [2.05, 4.69) is 10.3 Å². The van der Waals surface area contributed by atoms with Crippen LogP contribution < -0.4 is 11.1 Å². The van der Waals surface area contributed by atoms with Crippen LogP contribution in [0.2, 0.25) is 5.02 Å². The van der Waals surface area contributed by atoms with Crippen molar-refractivity contribution in [3.8, 4) is 0 Å². The van der Waals surface area contributed by atoms with E-state index in [1.54, 1.807) is 18.3 Å². The first-order chi connectivity index (χ1) is 8.20. The minimum atomic E-state index is 0.466. The van der Waals surface area contributed by atoms with Gasteiger partial charge in [0.1, 0.15) is 5.76 Å². The Balaban J connectivity index is 2.07. The predicted molar refractivity (Wildman–Crippen MR) is 69.1 cm³/mol. The fourth-order valence-electron chi connectivity index (χ4n) is 1.48. The lowest BCUT2D eigenvalue weighted by molar-refractivity contribution is 0.466. The monoisotopic (exact) mass is 251 g/mol. The van der Waals surface area contributed by atoms with Crippen molar-refractivity contribution in [2.45, 2.75) is 19.9 Å². The number of aromatic nitrogens is 1.